The van der Waals surface area contributed by atoms with Crippen molar-refractivity contribution in [3.05, 3.63) is 29.3 Å². The van der Waals surface area contributed by atoms with Gasteiger partial charge in [0.25, 0.3) is 0 Å². The number of carbonyl (C=O) groups is 1. The van der Waals surface area contributed by atoms with Crippen LogP contribution in [0.3, 0.4) is 0 Å². The molecular formula is C14H20N2O. The van der Waals surface area contributed by atoms with Gasteiger partial charge in [0.1, 0.15) is 0 Å². The van der Waals surface area contributed by atoms with Gasteiger partial charge in [-0.05, 0) is 24.7 Å². The van der Waals surface area contributed by atoms with E-state index in [1.807, 2.05) is 6.08 Å². The van der Waals surface area contributed by atoms with E-state index in [0.29, 0.717) is 18.3 Å². The molecule has 1 aliphatic rings. The Morgan fingerprint density at radius 2 is 2.29 bits per heavy atom. The normalized spacial score (nSPS) is 17.9. The molecule has 0 aromatic rings. The van der Waals surface area contributed by atoms with Crippen LogP contribution in [-0.4, -0.2) is 16.3 Å². The Labute approximate surface area is 103 Å². The van der Waals surface area contributed by atoms with Crippen LogP contribution in [-0.2, 0) is 4.79 Å². The molecule has 1 rings (SSSR count). The number of hydrogen-bond acceptors (Lipinski definition) is 1. The highest BCUT2D eigenvalue weighted by atomic mass is 16.1. The predicted octanol–water partition coefficient (Wildman–Crippen LogP) is 3.33. The molecule has 0 N–H and O–H groups in total. The molecule has 92 valence electrons. The summed E-state index contributed by atoms with van der Waals surface area (Å²) in [5.74, 6) is -0.0992. The molecule has 17 heavy (non-hydrogen) atoms. The first-order valence-electron chi connectivity index (χ1n) is 6.02. The van der Waals surface area contributed by atoms with Gasteiger partial charge in [-0.15, -0.1) is 0 Å². The van der Waals surface area contributed by atoms with Crippen molar-refractivity contribution in [3.8, 4) is 0 Å². The molecule has 1 aliphatic carbocycles. The summed E-state index contributed by atoms with van der Waals surface area (Å²) in [5, 5.41) is 0. The summed E-state index contributed by atoms with van der Waals surface area (Å²) >= 11 is 0. The van der Waals surface area contributed by atoms with Gasteiger partial charge in [-0.1, -0.05) is 37.6 Å². The third-order valence-corrected chi connectivity index (χ3v) is 3.02. The molecule has 0 fully saturated rings. The maximum absolute atomic E-state index is 11.3. The second kappa shape index (κ2) is 5.74. The second-order valence-corrected chi connectivity index (χ2v) is 5.37. The fourth-order valence-electron chi connectivity index (χ4n) is 1.92. The number of Topliss-reactive ketones (excluding diaryl/α,β-unsaturated/α-hetero) is 1. The summed E-state index contributed by atoms with van der Waals surface area (Å²) in [6.45, 7) is 6.04. The zero-order valence-electron chi connectivity index (χ0n) is 10.9. The largest absolute Gasteiger partial charge is 0.361 e. The van der Waals surface area contributed by atoms with Crippen molar-refractivity contribution >= 4 is 11.5 Å². The molecule has 0 aliphatic heterocycles. The van der Waals surface area contributed by atoms with E-state index >= 15 is 0 Å². The van der Waals surface area contributed by atoms with E-state index in [1.54, 1.807) is 0 Å². The van der Waals surface area contributed by atoms with E-state index in [4.69, 9.17) is 5.53 Å². The summed E-state index contributed by atoms with van der Waals surface area (Å²) in [6.07, 6.45) is 9.73. The van der Waals surface area contributed by atoms with Crippen molar-refractivity contribution in [1.82, 2.24) is 0 Å². The first-order valence-corrected chi connectivity index (χ1v) is 6.02. The summed E-state index contributed by atoms with van der Waals surface area (Å²) in [5.41, 5.74) is 10.4. The first-order chi connectivity index (χ1) is 7.94. The second-order valence-electron chi connectivity index (χ2n) is 5.37. The lowest BCUT2D eigenvalue weighted by molar-refractivity contribution is -0.117. The number of allylic oxidation sites excluding steroid dienone is 4. The van der Waals surface area contributed by atoms with Crippen LogP contribution in [0.25, 0.3) is 5.53 Å². The maximum Gasteiger partial charge on any atom is 0.331 e. The molecule has 0 amide bonds. The van der Waals surface area contributed by atoms with E-state index < -0.39 is 0 Å². The van der Waals surface area contributed by atoms with Crippen LogP contribution >= 0.6 is 0 Å². The van der Waals surface area contributed by atoms with Crippen LogP contribution in [0.1, 0.15) is 46.5 Å². The number of carbonyl (C=O) groups excluding carboxylic acids is 1. The van der Waals surface area contributed by atoms with Crippen LogP contribution in [0.2, 0.25) is 0 Å². The first kappa shape index (κ1) is 13.6. The van der Waals surface area contributed by atoms with E-state index in [1.165, 1.54) is 12.5 Å². The minimum absolute atomic E-state index is 0.0992. The van der Waals surface area contributed by atoms with Crippen molar-refractivity contribution in [2.45, 2.75) is 46.5 Å². The lowest BCUT2D eigenvalue weighted by Gasteiger charge is -2.15. The van der Waals surface area contributed by atoms with Gasteiger partial charge in [0.05, 0.1) is 0 Å². The monoisotopic (exact) mass is 232 g/mol. The average molecular weight is 232 g/mol. The van der Waals surface area contributed by atoms with Crippen LogP contribution in [0.4, 0.5) is 0 Å². The lowest BCUT2D eigenvalue weighted by Crippen LogP contribution is -2.09. The zero-order valence-corrected chi connectivity index (χ0v) is 10.9. The van der Waals surface area contributed by atoms with Crippen molar-refractivity contribution in [1.29, 1.82) is 0 Å². The number of rotatable bonds is 5. The van der Waals surface area contributed by atoms with E-state index in [-0.39, 0.29) is 11.5 Å². The molecule has 0 unspecified atom stereocenters. The molecule has 3 heteroatoms. The smallest absolute Gasteiger partial charge is 0.331 e. The summed E-state index contributed by atoms with van der Waals surface area (Å²) in [6, 6.07) is 0. The topological polar surface area (TPSA) is 53.5 Å². The van der Waals surface area contributed by atoms with Gasteiger partial charge in [0.15, 0.2) is 0 Å². The molecule has 0 aromatic heterocycles. The van der Waals surface area contributed by atoms with Gasteiger partial charge in [0.2, 0.25) is 5.78 Å². The summed E-state index contributed by atoms with van der Waals surface area (Å²) in [7, 11) is 0. The molecule has 0 saturated heterocycles. The van der Waals surface area contributed by atoms with Gasteiger partial charge in [-0.25, -0.2) is 0 Å². The van der Waals surface area contributed by atoms with Gasteiger partial charge in [-0.3, -0.25) is 4.79 Å². The average Bonchev–Trinajstić information content (AvgIpc) is 2.63. The number of ketones is 1. The molecule has 0 bridgehead atoms. The Morgan fingerprint density at radius 1 is 1.59 bits per heavy atom. The van der Waals surface area contributed by atoms with Crippen molar-refractivity contribution in [2.24, 2.45) is 5.41 Å². The fourth-order valence-corrected chi connectivity index (χ4v) is 1.92. The highest BCUT2D eigenvalue weighted by Gasteiger charge is 2.22. The number of hydrogen-bond donors (Lipinski definition) is 0. The quantitative estimate of drug-likeness (QED) is 0.407. The Balaban J connectivity index is 2.33. The maximum atomic E-state index is 11.3. The van der Waals surface area contributed by atoms with Crippen LogP contribution in [0.5, 0.6) is 0 Å². The van der Waals surface area contributed by atoms with Crippen molar-refractivity contribution in [3.63, 3.8) is 0 Å². The lowest BCUT2D eigenvalue weighted by atomic mass is 9.89. The molecule has 0 saturated carbocycles. The van der Waals surface area contributed by atoms with Gasteiger partial charge < -0.3 is 5.53 Å². The molecule has 0 aromatic carbocycles. The van der Waals surface area contributed by atoms with Crippen molar-refractivity contribution in [2.75, 3.05) is 0 Å². The van der Waals surface area contributed by atoms with Crippen LogP contribution in [0, 0.1) is 5.41 Å². The SMILES string of the molecule is CC(=[N+]=[N-])C(=O)CC/C=C/C1=CCC(C)(C)C1. The van der Waals surface area contributed by atoms with Gasteiger partial charge in [0, 0.05) is 13.3 Å². The zero-order chi connectivity index (χ0) is 12.9. The molecule has 0 spiro atoms. The highest BCUT2D eigenvalue weighted by Crippen LogP contribution is 2.36. The molecular weight excluding hydrogens is 212 g/mol. The number of nitrogens with zero attached hydrogens (tertiary/aromatic N) is 2. The van der Waals surface area contributed by atoms with Crippen LogP contribution in [0.15, 0.2) is 23.8 Å². The van der Waals surface area contributed by atoms with Gasteiger partial charge in [-0.2, -0.15) is 4.79 Å². The minimum Gasteiger partial charge on any atom is -0.361 e. The van der Waals surface area contributed by atoms with Gasteiger partial charge >= 0.3 is 5.71 Å². The summed E-state index contributed by atoms with van der Waals surface area (Å²) in [4.78, 5) is 14.2. The molecule has 0 heterocycles. The summed E-state index contributed by atoms with van der Waals surface area (Å²) < 4.78 is 0. The molecule has 0 radical (unpaired) electrons. The Bertz CT molecular complexity index is 410. The Kier molecular flexibility index (Phi) is 4.59. The Morgan fingerprint density at radius 3 is 2.82 bits per heavy atom. The third-order valence-electron chi connectivity index (χ3n) is 3.02. The van der Waals surface area contributed by atoms with E-state index in [2.05, 4.69) is 30.8 Å². The highest BCUT2D eigenvalue weighted by molar-refractivity contribution is 6.36. The van der Waals surface area contributed by atoms with Crippen molar-refractivity contribution < 1.29 is 9.58 Å². The fraction of sp³-hybridized carbons (Fsp3) is 0.571. The van der Waals surface area contributed by atoms with E-state index in [9.17, 15) is 4.79 Å². The standard InChI is InChI=1S/C14H20N2O/c1-11(16-15)13(17)7-5-4-6-12-8-9-14(2,3)10-12/h4,6,8H,5,7,9-10H2,1-3H3/b6-4+. The Hall–Kier alpha value is -1.47. The minimum atomic E-state index is -0.0992. The van der Waals surface area contributed by atoms with Crippen LogP contribution < -0.4 is 0 Å². The molecule has 3 nitrogen and oxygen atoms in total. The predicted molar refractivity (Wildman–Crippen MR) is 68.8 cm³/mol. The third kappa shape index (κ3) is 4.49. The van der Waals surface area contributed by atoms with E-state index in [0.717, 1.165) is 12.8 Å². The molecule has 0 atom stereocenters.